The minimum atomic E-state index is -1.02. The van der Waals surface area contributed by atoms with Crippen LogP contribution in [0, 0.1) is 17.1 Å². The second-order valence-corrected chi connectivity index (χ2v) is 9.46. The van der Waals surface area contributed by atoms with Crippen LogP contribution in [0.5, 0.6) is 0 Å². The normalized spacial score (nSPS) is 12.5. The Bertz CT molecular complexity index is 1380. The molecule has 4 heterocycles. The third-order valence-corrected chi connectivity index (χ3v) is 6.98. The van der Waals surface area contributed by atoms with Gasteiger partial charge in [-0.2, -0.15) is 5.26 Å². The number of fused-ring (bicyclic) bond motifs is 1. The van der Waals surface area contributed by atoms with Crippen LogP contribution < -0.4 is 5.32 Å². The first-order chi connectivity index (χ1) is 15.7. The van der Waals surface area contributed by atoms with Crippen LogP contribution in [0.4, 0.5) is 10.2 Å². The van der Waals surface area contributed by atoms with Gasteiger partial charge in [-0.05, 0) is 23.6 Å². The molecule has 0 spiro atoms. The van der Waals surface area contributed by atoms with Gasteiger partial charge in [0.2, 0.25) is 0 Å². The number of carboxylic acids is 1. The highest BCUT2D eigenvalue weighted by Crippen LogP contribution is 2.36. The van der Waals surface area contributed by atoms with E-state index in [4.69, 9.17) is 11.6 Å². The molecule has 4 aromatic rings. The fraction of sp³-hybridized carbons (Fsp3) is 0.217. The third kappa shape index (κ3) is 4.40. The Kier molecular flexibility index (Phi) is 6.06. The predicted molar refractivity (Wildman–Crippen MR) is 126 cm³/mol. The highest BCUT2D eigenvalue weighted by Gasteiger charge is 2.35. The molecule has 0 aliphatic heterocycles. The van der Waals surface area contributed by atoms with Gasteiger partial charge in [0, 0.05) is 39.7 Å². The van der Waals surface area contributed by atoms with Gasteiger partial charge < -0.3 is 15.4 Å². The Morgan fingerprint density at radius 2 is 2.24 bits per heavy atom. The molecule has 7 nitrogen and oxygen atoms in total. The van der Waals surface area contributed by atoms with Crippen LogP contribution in [0.15, 0.2) is 42.0 Å². The molecule has 1 atom stereocenters. The zero-order chi connectivity index (χ0) is 23.8. The van der Waals surface area contributed by atoms with Crippen LogP contribution in [0.2, 0.25) is 5.02 Å². The molecule has 0 fully saturated rings. The summed E-state index contributed by atoms with van der Waals surface area (Å²) in [6, 6.07) is 7.88. The summed E-state index contributed by atoms with van der Waals surface area (Å²) >= 11 is 7.59. The first-order valence-electron chi connectivity index (χ1n) is 9.96. The molecule has 168 valence electrons. The number of pyridine rings is 2. The van der Waals surface area contributed by atoms with Crippen LogP contribution in [-0.4, -0.2) is 32.1 Å². The van der Waals surface area contributed by atoms with Gasteiger partial charge in [0.15, 0.2) is 11.6 Å². The van der Waals surface area contributed by atoms with Crippen LogP contribution >= 0.6 is 22.9 Å². The van der Waals surface area contributed by atoms with Crippen molar-refractivity contribution in [1.82, 2.24) is 15.0 Å². The number of aromatic nitrogens is 3. The maximum absolute atomic E-state index is 15.0. The van der Waals surface area contributed by atoms with Crippen molar-refractivity contribution in [3.8, 4) is 17.3 Å². The van der Waals surface area contributed by atoms with Crippen LogP contribution in [0.25, 0.3) is 22.3 Å². The zero-order valence-electron chi connectivity index (χ0n) is 17.7. The van der Waals surface area contributed by atoms with Gasteiger partial charge >= 0.3 is 5.97 Å². The summed E-state index contributed by atoms with van der Waals surface area (Å²) in [5.74, 6) is -1.91. The Balaban J connectivity index is 1.81. The maximum Gasteiger partial charge on any atom is 0.305 e. The first kappa shape index (κ1) is 22.7. The Morgan fingerprint density at radius 3 is 2.91 bits per heavy atom. The smallest absolute Gasteiger partial charge is 0.305 e. The lowest BCUT2D eigenvalue weighted by Crippen LogP contribution is -2.41. The van der Waals surface area contributed by atoms with E-state index in [1.54, 1.807) is 12.3 Å². The minimum Gasteiger partial charge on any atom is -0.481 e. The van der Waals surface area contributed by atoms with E-state index in [9.17, 15) is 15.2 Å². The summed E-state index contributed by atoms with van der Waals surface area (Å²) in [5.41, 5.74) is 0.715. The molecule has 0 saturated heterocycles. The zero-order valence-corrected chi connectivity index (χ0v) is 19.3. The van der Waals surface area contributed by atoms with E-state index in [2.05, 4.69) is 20.3 Å². The highest BCUT2D eigenvalue weighted by molar-refractivity contribution is 7.10. The maximum atomic E-state index is 15.0. The van der Waals surface area contributed by atoms with Gasteiger partial charge in [-0.15, -0.1) is 11.3 Å². The molecule has 0 bridgehead atoms. The van der Waals surface area contributed by atoms with Crippen molar-refractivity contribution in [3.63, 3.8) is 0 Å². The summed E-state index contributed by atoms with van der Waals surface area (Å²) in [4.78, 5) is 24.2. The number of anilines is 1. The fourth-order valence-electron chi connectivity index (χ4n) is 3.70. The van der Waals surface area contributed by atoms with Crippen LogP contribution in [-0.2, 0) is 10.2 Å². The highest BCUT2D eigenvalue weighted by atomic mass is 35.5. The molecule has 0 radical (unpaired) electrons. The SMILES string of the molecule is CC(C)(c1cccs1)C(CC(=O)O)Nc1nc(-c2c[nH]c3ncc(Cl)cc23)c(C#N)cc1F. The number of thiophene rings is 1. The molecule has 0 aliphatic rings. The lowest BCUT2D eigenvalue weighted by atomic mass is 9.81. The van der Waals surface area contributed by atoms with Gasteiger partial charge in [0.1, 0.15) is 11.7 Å². The molecule has 33 heavy (non-hydrogen) atoms. The Hall–Kier alpha value is -3.48. The average molecular weight is 484 g/mol. The molecular formula is C23H19ClFN5O2S. The first-order valence-corrected chi connectivity index (χ1v) is 11.2. The van der Waals surface area contributed by atoms with Crippen molar-refractivity contribution in [1.29, 1.82) is 5.26 Å². The Labute approximate surface area is 197 Å². The summed E-state index contributed by atoms with van der Waals surface area (Å²) in [6.07, 6.45) is 2.86. The molecule has 4 aromatic heterocycles. The topological polar surface area (TPSA) is 115 Å². The number of rotatable bonds is 7. The lowest BCUT2D eigenvalue weighted by molar-refractivity contribution is -0.137. The van der Waals surface area contributed by atoms with E-state index in [-0.39, 0.29) is 23.5 Å². The third-order valence-electron chi connectivity index (χ3n) is 5.57. The second-order valence-electron chi connectivity index (χ2n) is 8.07. The number of carbonyl (C=O) groups is 1. The Morgan fingerprint density at radius 1 is 1.45 bits per heavy atom. The second kappa shape index (κ2) is 8.81. The van der Waals surface area contributed by atoms with E-state index in [0.29, 0.717) is 21.6 Å². The van der Waals surface area contributed by atoms with Gasteiger partial charge in [0.05, 0.1) is 22.7 Å². The summed E-state index contributed by atoms with van der Waals surface area (Å²) in [5, 5.41) is 25.1. The number of aromatic amines is 1. The number of carboxylic acid groups (broad SMARTS) is 1. The fourth-order valence-corrected chi connectivity index (χ4v) is 4.76. The molecule has 3 N–H and O–H groups in total. The molecule has 0 aromatic carbocycles. The van der Waals surface area contributed by atoms with Crippen molar-refractivity contribution in [2.75, 3.05) is 5.32 Å². The summed E-state index contributed by atoms with van der Waals surface area (Å²) in [6.45, 7) is 3.80. The molecule has 10 heteroatoms. The number of H-pyrrole nitrogens is 1. The lowest BCUT2D eigenvalue weighted by Gasteiger charge is -2.34. The number of hydrogen-bond donors (Lipinski definition) is 3. The summed E-state index contributed by atoms with van der Waals surface area (Å²) in [7, 11) is 0. The van der Waals surface area contributed by atoms with E-state index in [1.165, 1.54) is 17.5 Å². The molecular weight excluding hydrogens is 465 g/mol. The van der Waals surface area contributed by atoms with Crippen molar-refractivity contribution >= 4 is 45.8 Å². The quantitative estimate of drug-likeness (QED) is 0.316. The number of nitrogens with one attached hydrogen (secondary N) is 2. The molecule has 0 amide bonds. The molecule has 4 rings (SSSR count). The minimum absolute atomic E-state index is 0.0335. The van der Waals surface area contributed by atoms with Crippen LogP contribution in [0.1, 0.15) is 30.7 Å². The largest absolute Gasteiger partial charge is 0.481 e. The summed E-state index contributed by atoms with van der Waals surface area (Å²) < 4.78 is 15.0. The van der Waals surface area contributed by atoms with Crippen molar-refractivity contribution < 1.29 is 14.3 Å². The number of nitriles is 1. The number of nitrogens with zero attached hydrogens (tertiary/aromatic N) is 3. The monoisotopic (exact) mass is 483 g/mol. The molecule has 0 saturated carbocycles. The van der Waals surface area contributed by atoms with E-state index in [1.807, 2.05) is 37.4 Å². The van der Waals surface area contributed by atoms with Crippen molar-refractivity contribution in [2.45, 2.75) is 31.7 Å². The van der Waals surface area contributed by atoms with Gasteiger partial charge in [-0.25, -0.2) is 14.4 Å². The number of hydrogen-bond acceptors (Lipinski definition) is 6. The van der Waals surface area contributed by atoms with E-state index in [0.717, 1.165) is 10.9 Å². The van der Waals surface area contributed by atoms with E-state index < -0.39 is 23.2 Å². The number of halogens is 2. The number of aliphatic carboxylic acids is 1. The van der Waals surface area contributed by atoms with Crippen LogP contribution in [0.3, 0.4) is 0 Å². The van der Waals surface area contributed by atoms with Gasteiger partial charge in [-0.1, -0.05) is 31.5 Å². The van der Waals surface area contributed by atoms with E-state index >= 15 is 4.39 Å². The van der Waals surface area contributed by atoms with Crippen molar-refractivity contribution in [3.05, 3.63) is 63.3 Å². The molecule has 0 aliphatic carbocycles. The van der Waals surface area contributed by atoms with Gasteiger partial charge in [0.25, 0.3) is 0 Å². The molecule has 1 unspecified atom stereocenters. The standard InChI is InChI=1S/C23H19ClFN5O2S/c1-23(2,18-4-3-5-33-18)17(8-19(31)32)29-22-16(25)6-12(9-26)20(30-22)15-11-28-21-14(15)7-13(24)10-27-21/h3-7,10-11,17H,8H2,1-2H3,(H,27,28)(H,29,30)(H,31,32). The average Bonchev–Trinajstić information content (AvgIpc) is 3.44. The van der Waals surface area contributed by atoms with Crippen molar-refractivity contribution in [2.24, 2.45) is 0 Å². The van der Waals surface area contributed by atoms with Gasteiger partial charge in [-0.3, -0.25) is 4.79 Å². The predicted octanol–water partition coefficient (Wildman–Crippen LogP) is 5.58.